The summed E-state index contributed by atoms with van der Waals surface area (Å²) in [5.74, 6) is 0. The van der Waals surface area contributed by atoms with E-state index in [1.807, 2.05) is 0 Å². The van der Waals surface area contributed by atoms with Crippen LogP contribution in [0.4, 0.5) is 0 Å². The van der Waals surface area contributed by atoms with Crippen molar-refractivity contribution in [2.24, 2.45) is 11.5 Å². The molecule has 0 aliphatic carbocycles. The molecule has 0 aliphatic rings. The molecule has 2 heteroatoms. The first-order chi connectivity index (χ1) is 4.91. The smallest absolute Gasteiger partial charge is 0.0192 e. The fraction of sp³-hybridized carbons (Fsp3) is 0.875. The normalized spacial score (nSPS) is 10.2. The summed E-state index contributed by atoms with van der Waals surface area (Å²) in [6.07, 6.45) is 7.36. The maximum Gasteiger partial charge on any atom is 0.0192 e. The van der Waals surface area contributed by atoms with Gasteiger partial charge in [-0.3, -0.25) is 0 Å². The summed E-state index contributed by atoms with van der Waals surface area (Å²) in [5.41, 5.74) is 10.6. The lowest BCUT2D eigenvalue weighted by Crippen LogP contribution is -1.97. The van der Waals surface area contributed by atoms with Gasteiger partial charge in [-0.2, -0.15) is 0 Å². The van der Waals surface area contributed by atoms with E-state index in [0.29, 0.717) is 0 Å². The Kier molecular flexibility index (Phi) is 8.85. The van der Waals surface area contributed by atoms with Crippen molar-refractivity contribution in [3.8, 4) is 0 Å². The fourth-order valence-electron chi connectivity index (χ4n) is 0.937. The summed E-state index contributed by atoms with van der Waals surface area (Å²) in [7, 11) is 0. The zero-order chi connectivity index (χ0) is 7.66. The minimum Gasteiger partial charge on any atom is -0.330 e. The predicted octanol–water partition coefficient (Wildman–Crippen LogP) is 1.41. The van der Waals surface area contributed by atoms with Gasteiger partial charge in [0.15, 0.2) is 0 Å². The van der Waals surface area contributed by atoms with Gasteiger partial charge in [0.1, 0.15) is 0 Å². The standard InChI is InChI=1S/C8H19N2/c9-7-5-3-1-2-4-6-8-10/h7H,1-6,8-10H2. The summed E-state index contributed by atoms with van der Waals surface area (Å²) >= 11 is 0. The van der Waals surface area contributed by atoms with Gasteiger partial charge < -0.3 is 11.5 Å². The third-order valence-electron chi connectivity index (χ3n) is 1.57. The highest BCUT2D eigenvalue weighted by Crippen LogP contribution is 2.04. The maximum absolute atomic E-state index is 5.34. The lowest BCUT2D eigenvalue weighted by atomic mass is 10.1. The Morgan fingerprint density at radius 2 is 1.50 bits per heavy atom. The Balaban J connectivity index is 2.65. The highest BCUT2D eigenvalue weighted by molar-refractivity contribution is 4.53. The summed E-state index contributed by atoms with van der Waals surface area (Å²) in [5, 5.41) is 0. The van der Waals surface area contributed by atoms with Gasteiger partial charge in [-0.15, -0.1) is 0 Å². The summed E-state index contributed by atoms with van der Waals surface area (Å²) in [6, 6.07) is 0. The monoisotopic (exact) mass is 143 g/mol. The van der Waals surface area contributed by atoms with Gasteiger partial charge in [0.25, 0.3) is 0 Å². The second-order valence-electron chi connectivity index (χ2n) is 2.58. The van der Waals surface area contributed by atoms with E-state index in [-0.39, 0.29) is 0 Å². The molecule has 0 saturated carbocycles. The Bertz CT molecular complexity index is 47.2. The molecular formula is C8H19N2. The Morgan fingerprint density at radius 1 is 0.900 bits per heavy atom. The molecule has 0 bridgehead atoms. The summed E-state index contributed by atoms with van der Waals surface area (Å²) < 4.78 is 0. The molecule has 10 heavy (non-hydrogen) atoms. The molecule has 0 fully saturated rings. The molecule has 0 aromatic carbocycles. The van der Waals surface area contributed by atoms with Crippen LogP contribution in [0.25, 0.3) is 0 Å². The first-order valence-corrected chi connectivity index (χ1v) is 4.15. The second kappa shape index (κ2) is 8.92. The van der Waals surface area contributed by atoms with E-state index >= 15 is 0 Å². The van der Waals surface area contributed by atoms with E-state index < -0.39 is 0 Å². The number of hydrogen-bond donors (Lipinski definition) is 2. The first kappa shape index (κ1) is 9.92. The largest absolute Gasteiger partial charge is 0.330 e. The maximum atomic E-state index is 5.34. The Hall–Kier alpha value is -0.0800. The topological polar surface area (TPSA) is 52.0 Å². The summed E-state index contributed by atoms with van der Waals surface area (Å²) in [6.45, 7) is 2.58. The van der Waals surface area contributed by atoms with Crippen LogP contribution in [0.5, 0.6) is 0 Å². The highest BCUT2D eigenvalue weighted by atomic mass is 14.5. The molecule has 61 valence electrons. The zero-order valence-corrected chi connectivity index (χ0v) is 6.68. The quantitative estimate of drug-likeness (QED) is 0.529. The van der Waals surface area contributed by atoms with Crippen LogP contribution in [0.2, 0.25) is 0 Å². The van der Waals surface area contributed by atoms with Gasteiger partial charge in [0.05, 0.1) is 0 Å². The van der Waals surface area contributed by atoms with Gasteiger partial charge in [-0.1, -0.05) is 25.7 Å². The first-order valence-electron chi connectivity index (χ1n) is 4.15. The molecule has 0 saturated heterocycles. The number of hydrogen-bond acceptors (Lipinski definition) is 2. The number of unbranched alkanes of at least 4 members (excludes halogenated alkanes) is 5. The fourth-order valence-corrected chi connectivity index (χ4v) is 0.937. The Labute approximate surface area is 64.0 Å². The van der Waals surface area contributed by atoms with Crippen molar-refractivity contribution in [2.45, 2.75) is 38.5 Å². The molecule has 0 rings (SSSR count). The average Bonchev–Trinajstić information content (AvgIpc) is 1.97. The second-order valence-corrected chi connectivity index (χ2v) is 2.58. The van der Waals surface area contributed by atoms with Crippen molar-refractivity contribution in [1.29, 1.82) is 0 Å². The average molecular weight is 143 g/mol. The molecule has 0 amide bonds. The molecule has 0 aromatic rings. The third kappa shape index (κ3) is 7.92. The molecule has 0 unspecified atom stereocenters. The highest BCUT2D eigenvalue weighted by Gasteiger charge is 1.87. The van der Waals surface area contributed by atoms with Crippen molar-refractivity contribution >= 4 is 0 Å². The van der Waals surface area contributed by atoms with Crippen LogP contribution in [-0.4, -0.2) is 6.54 Å². The van der Waals surface area contributed by atoms with Crippen LogP contribution in [-0.2, 0) is 0 Å². The SMILES string of the molecule is N[CH]CCCCCCCN. The van der Waals surface area contributed by atoms with Crippen molar-refractivity contribution < 1.29 is 0 Å². The molecule has 4 N–H and O–H groups in total. The van der Waals surface area contributed by atoms with Crippen LogP contribution in [0, 0.1) is 6.54 Å². The van der Waals surface area contributed by atoms with Crippen LogP contribution < -0.4 is 11.5 Å². The summed E-state index contributed by atoms with van der Waals surface area (Å²) in [4.78, 5) is 0. The molecule has 1 radical (unpaired) electrons. The molecular weight excluding hydrogens is 124 g/mol. The Morgan fingerprint density at radius 3 is 2.10 bits per heavy atom. The lowest BCUT2D eigenvalue weighted by Gasteiger charge is -1.97. The van der Waals surface area contributed by atoms with Crippen LogP contribution in [0.3, 0.4) is 0 Å². The molecule has 0 aromatic heterocycles. The minimum atomic E-state index is 0.836. The number of rotatable bonds is 7. The van der Waals surface area contributed by atoms with E-state index in [1.165, 1.54) is 32.1 Å². The molecule has 0 spiro atoms. The molecule has 0 heterocycles. The van der Waals surface area contributed by atoms with Gasteiger partial charge in [-0.25, -0.2) is 0 Å². The van der Waals surface area contributed by atoms with Crippen molar-refractivity contribution in [2.75, 3.05) is 6.54 Å². The van der Waals surface area contributed by atoms with Gasteiger partial charge >= 0.3 is 0 Å². The zero-order valence-electron chi connectivity index (χ0n) is 6.68. The van der Waals surface area contributed by atoms with E-state index in [9.17, 15) is 0 Å². The van der Waals surface area contributed by atoms with E-state index in [4.69, 9.17) is 11.5 Å². The van der Waals surface area contributed by atoms with Crippen molar-refractivity contribution in [3.05, 3.63) is 6.54 Å². The van der Waals surface area contributed by atoms with Crippen LogP contribution in [0.1, 0.15) is 38.5 Å². The molecule has 0 atom stereocenters. The van der Waals surface area contributed by atoms with Gasteiger partial charge in [-0.05, 0) is 19.4 Å². The minimum absolute atomic E-state index is 0.836. The molecule has 2 nitrogen and oxygen atoms in total. The third-order valence-corrected chi connectivity index (χ3v) is 1.57. The van der Waals surface area contributed by atoms with E-state index in [2.05, 4.69) is 0 Å². The van der Waals surface area contributed by atoms with Crippen LogP contribution in [0.15, 0.2) is 0 Å². The van der Waals surface area contributed by atoms with Crippen molar-refractivity contribution in [1.82, 2.24) is 0 Å². The van der Waals surface area contributed by atoms with E-state index in [0.717, 1.165) is 13.0 Å². The van der Waals surface area contributed by atoms with Gasteiger partial charge in [0.2, 0.25) is 0 Å². The lowest BCUT2D eigenvalue weighted by molar-refractivity contribution is 0.614. The van der Waals surface area contributed by atoms with E-state index in [1.54, 1.807) is 6.54 Å². The number of nitrogens with two attached hydrogens (primary N) is 2. The molecule has 0 aliphatic heterocycles. The predicted molar refractivity (Wildman–Crippen MR) is 45.2 cm³/mol. The van der Waals surface area contributed by atoms with Crippen LogP contribution >= 0.6 is 0 Å². The van der Waals surface area contributed by atoms with Crippen molar-refractivity contribution in [3.63, 3.8) is 0 Å². The van der Waals surface area contributed by atoms with Gasteiger partial charge in [0, 0.05) is 6.54 Å².